The van der Waals surface area contributed by atoms with E-state index in [1.807, 2.05) is 0 Å². The lowest BCUT2D eigenvalue weighted by Crippen LogP contribution is -2.19. The number of halogens is 3. The van der Waals surface area contributed by atoms with E-state index < -0.39 is 17.2 Å². The first-order chi connectivity index (χ1) is 5.82. The molecule has 72 valence electrons. The van der Waals surface area contributed by atoms with Crippen molar-refractivity contribution in [1.82, 2.24) is 4.98 Å². The van der Waals surface area contributed by atoms with Gasteiger partial charge in [-0.15, -0.1) is 0 Å². The van der Waals surface area contributed by atoms with Crippen molar-refractivity contribution >= 4 is 11.6 Å². The summed E-state index contributed by atoms with van der Waals surface area (Å²) >= 11 is 5.57. The van der Waals surface area contributed by atoms with Crippen molar-refractivity contribution in [2.75, 3.05) is 0 Å². The summed E-state index contributed by atoms with van der Waals surface area (Å²) in [5, 5.41) is 0.0558. The lowest BCUT2D eigenvalue weighted by Gasteiger charge is -2.10. The van der Waals surface area contributed by atoms with Gasteiger partial charge in [-0.3, -0.25) is 4.79 Å². The van der Waals surface area contributed by atoms with Crippen LogP contribution in [-0.2, 0) is 5.92 Å². The van der Waals surface area contributed by atoms with E-state index in [0.717, 1.165) is 6.07 Å². The number of aromatic amines is 1. The van der Waals surface area contributed by atoms with Crippen LogP contribution in [0.2, 0.25) is 5.02 Å². The minimum atomic E-state index is -3.07. The fraction of sp³-hybridized carbons (Fsp3) is 0.375. The maximum Gasteiger partial charge on any atom is 0.285 e. The van der Waals surface area contributed by atoms with E-state index in [0.29, 0.717) is 6.92 Å². The van der Waals surface area contributed by atoms with Crippen molar-refractivity contribution in [2.45, 2.75) is 19.8 Å². The SMILES string of the molecule is Cc1c(Cl)cc(C(C)(F)F)[nH]c1=O. The molecule has 0 saturated carbocycles. The van der Waals surface area contributed by atoms with Crippen LogP contribution in [0.1, 0.15) is 18.2 Å². The molecule has 0 aliphatic heterocycles. The summed E-state index contributed by atoms with van der Waals surface area (Å²) in [7, 11) is 0. The Labute approximate surface area is 78.5 Å². The average Bonchev–Trinajstić information content (AvgIpc) is 1.97. The molecule has 1 heterocycles. The number of hydrogen-bond acceptors (Lipinski definition) is 1. The van der Waals surface area contributed by atoms with Crippen LogP contribution >= 0.6 is 11.6 Å². The van der Waals surface area contributed by atoms with Gasteiger partial charge in [-0.1, -0.05) is 11.6 Å². The Morgan fingerprint density at radius 2 is 2.08 bits per heavy atom. The number of hydrogen-bond donors (Lipinski definition) is 1. The molecular weight excluding hydrogens is 200 g/mol. The Morgan fingerprint density at radius 3 is 2.46 bits per heavy atom. The van der Waals surface area contributed by atoms with E-state index in [1.165, 1.54) is 6.92 Å². The molecule has 1 aromatic heterocycles. The molecule has 0 saturated heterocycles. The van der Waals surface area contributed by atoms with Crippen LogP contribution in [0.15, 0.2) is 10.9 Å². The normalized spacial score (nSPS) is 11.8. The molecule has 1 N–H and O–H groups in total. The molecule has 1 rings (SSSR count). The van der Waals surface area contributed by atoms with Crippen LogP contribution in [0.4, 0.5) is 8.78 Å². The van der Waals surface area contributed by atoms with E-state index >= 15 is 0 Å². The summed E-state index contributed by atoms with van der Waals surface area (Å²) in [6.45, 7) is 2.17. The van der Waals surface area contributed by atoms with Gasteiger partial charge in [0.2, 0.25) is 0 Å². The minimum absolute atomic E-state index is 0.0558. The smallest absolute Gasteiger partial charge is 0.285 e. The summed E-state index contributed by atoms with van der Waals surface area (Å²) in [6, 6.07) is 1.07. The lowest BCUT2D eigenvalue weighted by molar-refractivity contribution is 0.0125. The third-order valence-corrected chi connectivity index (χ3v) is 2.08. The molecule has 13 heavy (non-hydrogen) atoms. The Balaban J connectivity index is 3.38. The second-order valence-corrected chi connectivity index (χ2v) is 3.28. The molecule has 0 atom stereocenters. The first kappa shape index (κ1) is 10.2. The van der Waals surface area contributed by atoms with Crippen LogP contribution in [0, 0.1) is 6.92 Å². The Hall–Kier alpha value is -0.900. The second-order valence-electron chi connectivity index (χ2n) is 2.87. The van der Waals surface area contributed by atoms with E-state index in [4.69, 9.17) is 11.6 Å². The van der Waals surface area contributed by atoms with Crippen LogP contribution in [0.5, 0.6) is 0 Å². The fourth-order valence-electron chi connectivity index (χ4n) is 0.832. The predicted molar refractivity (Wildman–Crippen MR) is 46.4 cm³/mol. The molecular formula is C8H8ClF2NO. The number of nitrogens with one attached hydrogen (secondary N) is 1. The molecule has 0 aliphatic carbocycles. The maximum atomic E-state index is 12.7. The van der Waals surface area contributed by atoms with Gasteiger partial charge < -0.3 is 4.98 Å². The van der Waals surface area contributed by atoms with Gasteiger partial charge in [-0.2, -0.15) is 0 Å². The van der Waals surface area contributed by atoms with Crippen molar-refractivity contribution in [3.05, 3.63) is 32.7 Å². The standard InChI is InChI=1S/C8H8ClF2NO/c1-4-5(9)3-6(8(2,10)11)12-7(4)13/h3H,1-2H3,(H,12,13). The van der Waals surface area contributed by atoms with E-state index in [1.54, 1.807) is 0 Å². The molecule has 0 aliphatic rings. The van der Waals surface area contributed by atoms with Gasteiger partial charge in [0.15, 0.2) is 0 Å². The zero-order chi connectivity index (χ0) is 10.2. The fourth-order valence-corrected chi connectivity index (χ4v) is 1.03. The first-order valence-electron chi connectivity index (χ1n) is 3.60. The highest BCUT2D eigenvalue weighted by Crippen LogP contribution is 2.26. The zero-order valence-electron chi connectivity index (χ0n) is 7.12. The number of alkyl halides is 2. The highest BCUT2D eigenvalue weighted by molar-refractivity contribution is 6.31. The highest BCUT2D eigenvalue weighted by atomic mass is 35.5. The monoisotopic (exact) mass is 207 g/mol. The van der Waals surface area contributed by atoms with Crippen LogP contribution in [0.25, 0.3) is 0 Å². The van der Waals surface area contributed by atoms with Gasteiger partial charge >= 0.3 is 0 Å². The number of H-pyrrole nitrogens is 1. The van der Waals surface area contributed by atoms with Gasteiger partial charge in [0.1, 0.15) is 0 Å². The minimum Gasteiger partial charge on any atom is -0.321 e. The van der Waals surface area contributed by atoms with Gasteiger partial charge in [0, 0.05) is 12.5 Å². The van der Waals surface area contributed by atoms with Crippen molar-refractivity contribution < 1.29 is 8.78 Å². The van der Waals surface area contributed by atoms with Crippen LogP contribution in [-0.4, -0.2) is 4.98 Å². The molecule has 5 heteroatoms. The maximum absolute atomic E-state index is 12.7. The van der Waals surface area contributed by atoms with Crippen LogP contribution < -0.4 is 5.56 Å². The second kappa shape index (κ2) is 3.10. The molecule has 0 aromatic carbocycles. The summed E-state index contributed by atoms with van der Waals surface area (Å²) in [4.78, 5) is 13.1. The third-order valence-electron chi connectivity index (χ3n) is 1.69. The lowest BCUT2D eigenvalue weighted by atomic mass is 10.2. The van der Waals surface area contributed by atoms with Gasteiger partial charge in [-0.25, -0.2) is 8.78 Å². The summed E-state index contributed by atoms with van der Waals surface area (Å²) in [5.74, 6) is -3.07. The molecule has 0 fully saturated rings. The quantitative estimate of drug-likeness (QED) is 0.754. The summed E-state index contributed by atoms with van der Waals surface area (Å²) in [6.07, 6.45) is 0. The zero-order valence-corrected chi connectivity index (χ0v) is 7.88. The Bertz CT molecular complexity index is 381. The van der Waals surface area contributed by atoms with Gasteiger partial charge in [0.25, 0.3) is 11.5 Å². The molecule has 2 nitrogen and oxygen atoms in total. The topological polar surface area (TPSA) is 32.9 Å². The van der Waals surface area contributed by atoms with Gasteiger partial charge in [0.05, 0.1) is 10.7 Å². The van der Waals surface area contributed by atoms with E-state index in [2.05, 4.69) is 4.98 Å². The first-order valence-corrected chi connectivity index (χ1v) is 3.98. The Kier molecular flexibility index (Phi) is 2.43. The molecule has 0 radical (unpaired) electrons. The van der Waals surface area contributed by atoms with Crippen molar-refractivity contribution in [2.24, 2.45) is 0 Å². The molecule has 0 amide bonds. The number of rotatable bonds is 1. The average molecular weight is 208 g/mol. The summed E-state index contributed by atoms with van der Waals surface area (Å²) in [5.41, 5.74) is -0.799. The van der Waals surface area contributed by atoms with Crippen molar-refractivity contribution in [3.8, 4) is 0 Å². The molecule has 0 spiro atoms. The summed E-state index contributed by atoms with van der Waals surface area (Å²) < 4.78 is 25.4. The van der Waals surface area contributed by atoms with Crippen molar-refractivity contribution in [3.63, 3.8) is 0 Å². The van der Waals surface area contributed by atoms with Gasteiger partial charge in [-0.05, 0) is 13.0 Å². The van der Waals surface area contributed by atoms with Crippen molar-refractivity contribution in [1.29, 1.82) is 0 Å². The third kappa shape index (κ3) is 2.06. The number of pyridine rings is 1. The molecule has 0 unspecified atom stereocenters. The largest absolute Gasteiger partial charge is 0.321 e. The molecule has 1 aromatic rings. The van der Waals surface area contributed by atoms with E-state index in [9.17, 15) is 13.6 Å². The Morgan fingerprint density at radius 1 is 1.54 bits per heavy atom. The molecule has 0 bridgehead atoms. The predicted octanol–water partition coefficient (Wildman–Crippen LogP) is 2.45. The highest BCUT2D eigenvalue weighted by Gasteiger charge is 2.26. The van der Waals surface area contributed by atoms with E-state index in [-0.39, 0.29) is 10.6 Å². The van der Waals surface area contributed by atoms with Crippen LogP contribution in [0.3, 0.4) is 0 Å². The number of aromatic nitrogens is 1.